The van der Waals surface area contributed by atoms with Gasteiger partial charge in [-0.3, -0.25) is 4.79 Å². The van der Waals surface area contributed by atoms with E-state index in [0.717, 1.165) is 17.6 Å². The second-order valence-electron chi connectivity index (χ2n) is 7.26. The van der Waals surface area contributed by atoms with Crippen LogP contribution in [-0.2, 0) is 9.59 Å². The maximum atomic E-state index is 12.2. The Morgan fingerprint density at radius 1 is 1.22 bits per heavy atom. The minimum absolute atomic E-state index is 0.0618. The van der Waals surface area contributed by atoms with Crippen molar-refractivity contribution in [3.63, 3.8) is 0 Å². The van der Waals surface area contributed by atoms with Gasteiger partial charge in [0.25, 0.3) is 0 Å². The number of ketones is 2. The lowest BCUT2D eigenvalue weighted by Crippen LogP contribution is -2.24. The quantitative estimate of drug-likeness (QED) is 0.601. The van der Waals surface area contributed by atoms with Gasteiger partial charge in [0, 0.05) is 18.4 Å². The third kappa shape index (κ3) is 8.22. The topological polar surface area (TPSA) is 83.8 Å². The van der Waals surface area contributed by atoms with Crippen molar-refractivity contribution >= 4 is 17.6 Å². The lowest BCUT2D eigenvalue weighted by atomic mass is 9.95. The summed E-state index contributed by atoms with van der Waals surface area (Å²) in [5.74, 6) is 0.670. The Labute approximate surface area is 161 Å². The molecule has 1 aromatic rings. The lowest BCUT2D eigenvalue weighted by molar-refractivity contribution is -0.118. The SMILES string of the molecule is COc1c(C)cc(O)cc1/C=C/C(C)(O)CC(=O)/C=C(\C)CCCC(C)=O. The van der Waals surface area contributed by atoms with Crippen LogP contribution in [0.1, 0.15) is 57.6 Å². The Morgan fingerprint density at radius 2 is 1.89 bits per heavy atom. The number of carbonyl (C=O) groups is 2. The van der Waals surface area contributed by atoms with Gasteiger partial charge in [-0.1, -0.05) is 17.7 Å². The molecule has 27 heavy (non-hydrogen) atoms. The summed E-state index contributed by atoms with van der Waals surface area (Å²) in [5, 5.41) is 20.3. The number of ether oxygens (including phenoxy) is 1. The molecular weight excluding hydrogens is 344 g/mol. The maximum Gasteiger partial charge on any atom is 0.158 e. The predicted octanol–water partition coefficient (Wildman–Crippen LogP) is 4.14. The summed E-state index contributed by atoms with van der Waals surface area (Å²) in [6.07, 6.45) is 6.55. The summed E-state index contributed by atoms with van der Waals surface area (Å²) < 4.78 is 5.34. The number of hydrogen-bond acceptors (Lipinski definition) is 5. The zero-order valence-electron chi connectivity index (χ0n) is 16.8. The van der Waals surface area contributed by atoms with Gasteiger partial charge in [0.1, 0.15) is 17.3 Å². The standard InChI is InChI=1S/C22H30O5/c1-15(7-6-8-17(3)23)11-20(25)14-22(4,26)10-9-18-13-19(24)12-16(2)21(18)27-5/h9-13,24,26H,6-8,14H2,1-5H3/b10-9+,15-11+. The summed E-state index contributed by atoms with van der Waals surface area (Å²) in [7, 11) is 1.54. The van der Waals surface area contributed by atoms with Crippen molar-refractivity contribution in [2.45, 2.75) is 59.0 Å². The first-order valence-corrected chi connectivity index (χ1v) is 9.02. The zero-order valence-corrected chi connectivity index (χ0v) is 16.8. The van der Waals surface area contributed by atoms with Crippen LogP contribution < -0.4 is 4.74 Å². The van der Waals surface area contributed by atoms with Crippen LogP contribution in [0.25, 0.3) is 6.08 Å². The highest BCUT2D eigenvalue weighted by Crippen LogP contribution is 2.30. The Balaban J connectivity index is 2.79. The van der Waals surface area contributed by atoms with Gasteiger partial charge in [-0.15, -0.1) is 0 Å². The number of methoxy groups -OCH3 is 1. The fourth-order valence-electron chi connectivity index (χ4n) is 2.88. The molecule has 0 aliphatic rings. The molecule has 1 aromatic carbocycles. The highest BCUT2D eigenvalue weighted by molar-refractivity contribution is 5.91. The molecule has 5 heteroatoms. The molecule has 0 fully saturated rings. The van der Waals surface area contributed by atoms with Crippen LogP contribution in [0.2, 0.25) is 0 Å². The average Bonchev–Trinajstić information content (AvgIpc) is 2.51. The molecule has 148 valence electrons. The van der Waals surface area contributed by atoms with Crippen LogP contribution in [0.5, 0.6) is 11.5 Å². The van der Waals surface area contributed by atoms with Crippen molar-refractivity contribution in [1.29, 1.82) is 0 Å². The lowest BCUT2D eigenvalue weighted by Gasteiger charge is -2.18. The number of phenolic OH excluding ortho intramolecular Hbond substituents is 1. The number of Topliss-reactive ketones (excluding diaryl/α,β-unsaturated/α-hetero) is 1. The average molecular weight is 374 g/mol. The van der Waals surface area contributed by atoms with Crippen molar-refractivity contribution in [3.05, 3.63) is 41.0 Å². The number of hydrogen-bond donors (Lipinski definition) is 2. The smallest absolute Gasteiger partial charge is 0.158 e. The summed E-state index contributed by atoms with van der Waals surface area (Å²) in [4.78, 5) is 23.2. The van der Waals surface area contributed by atoms with Crippen LogP contribution in [0.15, 0.2) is 29.9 Å². The fraction of sp³-hybridized carbons (Fsp3) is 0.455. The van der Waals surface area contributed by atoms with E-state index in [1.807, 2.05) is 13.8 Å². The second-order valence-corrected chi connectivity index (χ2v) is 7.26. The van der Waals surface area contributed by atoms with Crippen molar-refractivity contribution in [1.82, 2.24) is 0 Å². The maximum absolute atomic E-state index is 12.2. The predicted molar refractivity (Wildman–Crippen MR) is 107 cm³/mol. The molecule has 0 aliphatic heterocycles. The largest absolute Gasteiger partial charge is 0.508 e. The van der Waals surface area contributed by atoms with Crippen molar-refractivity contribution in [3.8, 4) is 11.5 Å². The Morgan fingerprint density at radius 3 is 2.48 bits per heavy atom. The van der Waals surface area contributed by atoms with Gasteiger partial charge >= 0.3 is 0 Å². The fourth-order valence-corrected chi connectivity index (χ4v) is 2.88. The monoisotopic (exact) mass is 374 g/mol. The van der Waals surface area contributed by atoms with E-state index in [9.17, 15) is 19.8 Å². The van der Waals surface area contributed by atoms with Gasteiger partial charge in [-0.2, -0.15) is 0 Å². The Hall–Kier alpha value is -2.40. The molecule has 1 atom stereocenters. The minimum Gasteiger partial charge on any atom is -0.508 e. The first-order valence-electron chi connectivity index (χ1n) is 9.02. The van der Waals surface area contributed by atoms with Gasteiger partial charge in [-0.05, 0) is 64.3 Å². The molecule has 1 unspecified atom stereocenters. The number of allylic oxidation sites excluding steroid dienone is 2. The molecule has 0 bridgehead atoms. The molecule has 0 saturated carbocycles. The molecule has 0 saturated heterocycles. The van der Waals surface area contributed by atoms with Crippen LogP contribution in [-0.4, -0.2) is 34.5 Å². The normalized spacial score (nSPS) is 14.2. The summed E-state index contributed by atoms with van der Waals surface area (Å²) in [5.41, 5.74) is 0.958. The van der Waals surface area contributed by atoms with E-state index in [0.29, 0.717) is 24.2 Å². The highest BCUT2D eigenvalue weighted by Gasteiger charge is 2.20. The van der Waals surface area contributed by atoms with Crippen LogP contribution in [0, 0.1) is 6.92 Å². The van der Waals surface area contributed by atoms with Gasteiger partial charge in [0.2, 0.25) is 0 Å². The molecule has 0 amide bonds. The molecule has 2 N–H and O–H groups in total. The summed E-state index contributed by atoms with van der Waals surface area (Å²) in [6, 6.07) is 3.14. The van der Waals surface area contributed by atoms with E-state index < -0.39 is 5.60 Å². The molecule has 0 aromatic heterocycles. The van der Waals surface area contributed by atoms with Crippen molar-refractivity contribution in [2.24, 2.45) is 0 Å². The molecular formula is C22H30O5. The molecule has 1 rings (SSSR count). The second kappa shape index (κ2) is 10.1. The molecule has 0 spiro atoms. The van der Waals surface area contributed by atoms with Crippen LogP contribution in [0.4, 0.5) is 0 Å². The van der Waals surface area contributed by atoms with Gasteiger partial charge in [0.05, 0.1) is 12.7 Å². The van der Waals surface area contributed by atoms with E-state index in [1.54, 1.807) is 32.1 Å². The first-order chi connectivity index (χ1) is 12.5. The summed E-state index contributed by atoms with van der Waals surface area (Å²) in [6.45, 7) is 6.78. The number of benzene rings is 1. The van der Waals surface area contributed by atoms with Gasteiger partial charge in [0.15, 0.2) is 5.78 Å². The first kappa shape index (κ1) is 22.6. The zero-order chi connectivity index (χ0) is 20.6. The third-order valence-corrected chi connectivity index (χ3v) is 4.15. The number of phenols is 1. The van der Waals surface area contributed by atoms with Crippen molar-refractivity contribution in [2.75, 3.05) is 7.11 Å². The van der Waals surface area contributed by atoms with E-state index in [2.05, 4.69) is 0 Å². The number of aliphatic hydroxyl groups is 1. The number of carbonyl (C=O) groups excluding carboxylic acids is 2. The molecule has 5 nitrogen and oxygen atoms in total. The molecule has 0 aliphatic carbocycles. The third-order valence-electron chi connectivity index (χ3n) is 4.15. The minimum atomic E-state index is -1.34. The van der Waals surface area contributed by atoms with Gasteiger partial charge in [-0.25, -0.2) is 0 Å². The van der Waals surface area contributed by atoms with E-state index in [4.69, 9.17) is 4.74 Å². The van der Waals surface area contributed by atoms with E-state index in [-0.39, 0.29) is 23.7 Å². The summed E-state index contributed by atoms with van der Waals surface area (Å²) >= 11 is 0. The Kier molecular flexibility index (Phi) is 8.44. The van der Waals surface area contributed by atoms with Gasteiger partial charge < -0.3 is 19.7 Å². The van der Waals surface area contributed by atoms with Crippen molar-refractivity contribution < 1.29 is 24.5 Å². The molecule has 0 heterocycles. The number of rotatable bonds is 10. The Bertz CT molecular complexity index is 741. The van der Waals surface area contributed by atoms with E-state index in [1.165, 1.54) is 19.3 Å². The van der Waals surface area contributed by atoms with Crippen LogP contribution >= 0.6 is 0 Å². The number of aryl methyl sites for hydroxylation is 1. The molecule has 0 radical (unpaired) electrons. The highest BCUT2D eigenvalue weighted by atomic mass is 16.5. The van der Waals surface area contributed by atoms with Crippen LogP contribution in [0.3, 0.4) is 0 Å². The number of aromatic hydroxyl groups is 1. The van der Waals surface area contributed by atoms with E-state index >= 15 is 0 Å².